The third kappa shape index (κ3) is 4.23. The molecule has 1 aromatic carbocycles. The maximum Gasteiger partial charge on any atom is 0.323 e. The molecule has 0 aliphatic rings. The van der Waals surface area contributed by atoms with Gasteiger partial charge in [-0.15, -0.1) is 0 Å². The van der Waals surface area contributed by atoms with Crippen molar-refractivity contribution >= 4 is 5.97 Å². The van der Waals surface area contributed by atoms with E-state index in [-0.39, 0.29) is 6.42 Å². The van der Waals surface area contributed by atoms with Gasteiger partial charge in [0.15, 0.2) is 6.29 Å². The van der Waals surface area contributed by atoms with Crippen LogP contribution in [-0.2, 0) is 25.4 Å². The largest absolute Gasteiger partial charge is 0.465 e. The minimum Gasteiger partial charge on any atom is -0.465 e. The molecule has 0 bridgehead atoms. The molecule has 0 spiro atoms. The zero-order chi connectivity index (χ0) is 17.5. The van der Waals surface area contributed by atoms with Crippen LogP contribution < -0.4 is 5.73 Å². The van der Waals surface area contributed by atoms with E-state index in [9.17, 15) is 4.79 Å². The number of ether oxygens (including phenoxy) is 3. The molecular formula is C18H23NO5. The molecule has 0 amide bonds. The van der Waals surface area contributed by atoms with Crippen molar-refractivity contribution in [1.82, 2.24) is 0 Å². The van der Waals surface area contributed by atoms with Gasteiger partial charge >= 0.3 is 5.97 Å². The van der Waals surface area contributed by atoms with Crippen molar-refractivity contribution in [3.8, 4) is 11.3 Å². The molecule has 1 heterocycles. The van der Waals surface area contributed by atoms with Crippen LogP contribution in [0.1, 0.15) is 24.5 Å². The smallest absolute Gasteiger partial charge is 0.323 e. The molecule has 0 saturated heterocycles. The number of furan rings is 1. The van der Waals surface area contributed by atoms with Crippen LogP contribution in [0.2, 0.25) is 0 Å². The number of hydrogen-bond donors (Lipinski definition) is 1. The van der Waals surface area contributed by atoms with Crippen LogP contribution in [0, 0.1) is 0 Å². The number of esters is 1. The molecule has 1 atom stereocenters. The van der Waals surface area contributed by atoms with Gasteiger partial charge < -0.3 is 24.4 Å². The van der Waals surface area contributed by atoms with E-state index in [2.05, 4.69) is 0 Å². The standard InChI is InChI=1S/C18H23NO5/c1-4-23-17(20)15(19)11-12-9-10-16(24-12)13-7-5-6-8-14(13)18(21-2)22-3/h5-10,15,18H,4,11,19H2,1-3H3. The van der Waals surface area contributed by atoms with Crippen molar-refractivity contribution in [2.45, 2.75) is 25.7 Å². The number of carbonyl (C=O) groups excluding carboxylic acids is 1. The van der Waals surface area contributed by atoms with E-state index in [0.717, 1.165) is 11.1 Å². The number of hydrogen-bond acceptors (Lipinski definition) is 6. The average molecular weight is 333 g/mol. The van der Waals surface area contributed by atoms with Crippen molar-refractivity contribution in [3.63, 3.8) is 0 Å². The van der Waals surface area contributed by atoms with E-state index in [1.807, 2.05) is 30.3 Å². The maximum atomic E-state index is 11.6. The van der Waals surface area contributed by atoms with E-state index in [1.165, 1.54) is 0 Å². The fraction of sp³-hybridized carbons (Fsp3) is 0.389. The van der Waals surface area contributed by atoms with Crippen LogP contribution in [0.15, 0.2) is 40.8 Å². The van der Waals surface area contributed by atoms with Crippen LogP contribution >= 0.6 is 0 Å². The zero-order valence-electron chi connectivity index (χ0n) is 14.2. The lowest BCUT2D eigenvalue weighted by molar-refractivity contribution is -0.144. The van der Waals surface area contributed by atoms with Gasteiger partial charge in [-0.3, -0.25) is 4.79 Å². The number of benzene rings is 1. The van der Waals surface area contributed by atoms with Crippen molar-refractivity contribution in [3.05, 3.63) is 47.7 Å². The Bertz CT molecular complexity index is 663. The summed E-state index contributed by atoms with van der Waals surface area (Å²) < 4.78 is 21.4. The lowest BCUT2D eigenvalue weighted by Gasteiger charge is -2.16. The molecule has 0 radical (unpaired) electrons. The highest BCUT2D eigenvalue weighted by Gasteiger charge is 2.20. The summed E-state index contributed by atoms with van der Waals surface area (Å²) in [6, 6.07) is 10.6. The van der Waals surface area contributed by atoms with Gasteiger partial charge in [0, 0.05) is 31.8 Å². The van der Waals surface area contributed by atoms with E-state index in [4.69, 9.17) is 24.4 Å². The molecule has 2 rings (SSSR count). The van der Waals surface area contributed by atoms with E-state index >= 15 is 0 Å². The Hall–Kier alpha value is -2.15. The minimum atomic E-state index is -0.745. The highest BCUT2D eigenvalue weighted by atomic mass is 16.7. The van der Waals surface area contributed by atoms with Gasteiger partial charge in [0.05, 0.1) is 6.61 Å². The lowest BCUT2D eigenvalue weighted by Crippen LogP contribution is -2.34. The summed E-state index contributed by atoms with van der Waals surface area (Å²) in [7, 11) is 3.16. The van der Waals surface area contributed by atoms with Crippen LogP contribution in [0.4, 0.5) is 0 Å². The fourth-order valence-corrected chi connectivity index (χ4v) is 2.46. The molecule has 0 fully saturated rings. The van der Waals surface area contributed by atoms with Crippen LogP contribution in [-0.4, -0.2) is 32.8 Å². The van der Waals surface area contributed by atoms with Crippen molar-refractivity contribution in [2.24, 2.45) is 5.73 Å². The predicted molar refractivity (Wildman–Crippen MR) is 89.2 cm³/mol. The molecule has 1 aromatic heterocycles. The van der Waals surface area contributed by atoms with Gasteiger partial charge in [0.2, 0.25) is 0 Å². The number of methoxy groups -OCH3 is 2. The summed E-state index contributed by atoms with van der Waals surface area (Å²) in [4.78, 5) is 11.6. The second kappa shape index (κ2) is 8.63. The Morgan fingerprint density at radius 2 is 1.88 bits per heavy atom. The number of rotatable bonds is 8. The molecule has 1 unspecified atom stereocenters. The first-order valence-corrected chi connectivity index (χ1v) is 7.76. The highest BCUT2D eigenvalue weighted by molar-refractivity contribution is 5.75. The second-order valence-corrected chi connectivity index (χ2v) is 5.22. The molecule has 0 saturated carbocycles. The second-order valence-electron chi connectivity index (χ2n) is 5.22. The fourth-order valence-electron chi connectivity index (χ4n) is 2.46. The zero-order valence-corrected chi connectivity index (χ0v) is 14.2. The molecular weight excluding hydrogens is 310 g/mol. The van der Waals surface area contributed by atoms with Gasteiger partial charge in [-0.2, -0.15) is 0 Å². The third-order valence-corrected chi connectivity index (χ3v) is 3.58. The summed E-state index contributed by atoms with van der Waals surface area (Å²) in [5, 5.41) is 0. The molecule has 2 aromatic rings. The topological polar surface area (TPSA) is 83.9 Å². The Kier molecular flexibility index (Phi) is 6.54. The summed E-state index contributed by atoms with van der Waals surface area (Å²) in [5.74, 6) is 0.845. The Labute approximate surface area is 141 Å². The van der Waals surface area contributed by atoms with E-state index < -0.39 is 18.3 Å². The Morgan fingerprint density at radius 1 is 1.17 bits per heavy atom. The summed E-state index contributed by atoms with van der Waals surface area (Å²) in [5.41, 5.74) is 7.55. The molecule has 0 aliphatic heterocycles. The van der Waals surface area contributed by atoms with Crippen LogP contribution in [0.25, 0.3) is 11.3 Å². The number of carbonyl (C=O) groups is 1. The molecule has 24 heavy (non-hydrogen) atoms. The van der Waals surface area contributed by atoms with Crippen molar-refractivity contribution in [2.75, 3.05) is 20.8 Å². The van der Waals surface area contributed by atoms with Gasteiger partial charge in [-0.1, -0.05) is 24.3 Å². The quantitative estimate of drug-likeness (QED) is 0.590. The van der Waals surface area contributed by atoms with Crippen molar-refractivity contribution < 1.29 is 23.4 Å². The average Bonchev–Trinajstić information content (AvgIpc) is 3.05. The van der Waals surface area contributed by atoms with Gasteiger partial charge in [-0.25, -0.2) is 0 Å². The molecule has 6 heteroatoms. The first kappa shape index (κ1) is 18.2. The lowest BCUT2D eigenvalue weighted by atomic mass is 10.0. The van der Waals surface area contributed by atoms with Gasteiger partial charge in [0.1, 0.15) is 17.6 Å². The Morgan fingerprint density at radius 3 is 2.54 bits per heavy atom. The summed E-state index contributed by atoms with van der Waals surface area (Å²) >= 11 is 0. The van der Waals surface area contributed by atoms with Crippen LogP contribution in [0.3, 0.4) is 0 Å². The Balaban J connectivity index is 2.21. The SMILES string of the molecule is CCOC(=O)C(N)Cc1ccc(-c2ccccc2C(OC)OC)o1. The van der Waals surface area contributed by atoms with E-state index in [1.54, 1.807) is 27.2 Å². The first-order valence-electron chi connectivity index (χ1n) is 7.76. The maximum absolute atomic E-state index is 11.6. The molecule has 0 aliphatic carbocycles. The molecule has 130 valence electrons. The van der Waals surface area contributed by atoms with Gasteiger partial charge in [-0.05, 0) is 19.1 Å². The van der Waals surface area contributed by atoms with Crippen LogP contribution in [0.5, 0.6) is 0 Å². The predicted octanol–water partition coefficient (Wildman–Crippen LogP) is 2.67. The summed E-state index contributed by atoms with van der Waals surface area (Å²) in [6.45, 7) is 2.05. The van der Waals surface area contributed by atoms with Crippen molar-refractivity contribution in [1.29, 1.82) is 0 Å². The first-order chi connectivity index (χ1) is 11.6. The normalized spacial score (nSPS) is 12.4. The van der Waals surface area contributed by atoms with Gasteiger partial charge in [0.25, 0.3) is 0 Å². The summed E-state index contributed by atoms with van der Waals surface area (Å²) in [6.07, 6.45) is -0.213. The van der Waals surface area contributed by atoms with E-state index in [0.29, 0.717) is 18.1 Å². The third-order valence-electron chi connectivity index (χ3n) is 3.58. The minimum absolute atomic E-state index is 0.277. The molecule has 6 nitrogen and oxygen atoms in total. The monoisotopic (exact) mass is 333 g/mol. The molecule has 2 N–H and O–H groups in total. The number of nitrogens with two attached hydrogens (primary N) is 1. The highest BCUT2D eigenvalue weighted by Crippen LogP contribution is 2.31.